The van der Waals surface area contributed by atoms with E-state index in [0.29, 0.717) is 0 Å². The van der Waals surface area contributed by atoms with E-state index in [9.17, 15) is 0 Å². The van der Waals surface area contributed by atoms with Crippen molar-refractivity contribution < 1.29 is 23.0 Å². The molecule has 0 aromatic rings. The second kappa shape index (κ2) is 13.6. The van der Waals surface area contributed by atoms with Gasteiger partial charge in [0, 0.05) is 0 Å². The van der Waals surface area contributed by atoms with Crippen molar-refractivity contribution >= 4 is 109 Å². The summed E-state index contributed by atoms with van der Waals surface area (Å²) >= 11 is 0. The van der Waals surface area contributed by atoms with Gasteiger partial charge in [0.15, 0.2) is 17.4 Å². The van der Waals surface area contributed by atoms with E-state index >= 15 is 0 Å². The van der Waals surface area contributed by atoms with Crippen LogP contribution in [0.25, 0.3) is 0 Å². The van der Waals surface area contributed by atoms with E-state index in [4.69, 9.17) is 17.5 Å². The molecule has 0 radical (unpaired) electrons. The van der Waals surface area contributed by atoms with Crippen molar-refractivity contribution in [2.24, 2.45) is 0 Å². The topological polar surface area (TPSA) is 106 Å². The van der Waals surface area contributed by atoms with Crippen molar-refractivity contribution in [3.05, 3.63) is 0 Å². The first-order chi connectivity index (χ1) is 2.00. The molecular formula is H9AlKNaO5S. The summed E-state index contributed by atoms with van der Waals surface area (Å²) in [6, 6.07) is 0. The van der Waals surface area contributed by atoms with E-state index in [-0.39, 0.29) is 104 Å². The Labute approximate surface area is 129 Å². The molecule has 9 heteroatoms. The van der Waals surface area contributed by atoms with Crippen LogP contribution in [0.2, 0.25) is 0 Å². The van der Waals surface area contributed by atoms with Crippen LogP contribution in [0.15, 0.2) is 0 Å². The summed E-state index contributed by atoms with van der Waals surface area (Å²) in [4.78, 5) is 0. The molecule has 0 spiro atoms. The Balaban J connectivity index is -0.0000000133. The van der Waals surface area contributed by atoms with Crippen LogP contribution in [0.1, 0.15) is 0 Å². The van der Waals surface area contributed by atoms with Crippen molar-refractivity contribution in [1.82, 2.24) is 0 Å². The zero-order valence-electron chi connectivity index (χ0n) is 2.62. The van der Waals surface area contributed by atoms with Crippen LogP contribution in [-0.2, 0) is 10.4 Å². The Morgan fingerprint density at radius 2 is 1.11 bits per heavy atom. The van der Waals surface area contributed by atoms with Gasteiger partial charge >= 0.3 is 91.3 Å². The van der Waals surface area contributed by atoms with E-state index in [2.05, 4.69) is 0 Å². The SMILES string of the molecule is O.O=S(=O)(O)O.[AlH3].[KH].[NaH]. The van der Waals surface area contributed by atoms with Gasteiger partial charge in [-0.3, -0.25) is 9.11 Å². The average Bonchev–Trinajstić information content (AvgIpc) is 0.722. The summed E-state index contributed by atoms with van der Waals surface area (Å²) in [5.74, 6) is 0. The van der Waals surface area contributed by atoms with E-state index in [1.54, 1.807) is 0 Å². The van der Waals surface area contributed by atoms with E-state index in [0.717, 1.165) is 0 Å². The third-order valence-corrected chi connectivity index (χ3v) is 0. The Morgan fingerprint density at radius 3 is 1.11 bits per heavy atom. The zero-order chi connectivity index (χ0) is 4.50. The third-order valence-electron chi connectivity index (χ3n) is 0. The van der Waals surface area contributed by atoms with Gasteiger partial charge < -0.3 is 5.48 Å². The quantitative estimate of drug-likeness (QED) is 0.314. The van der Waals surface area contributed by atoms with Gasteiger partial charge in [0.25, 0.3) is 0 Å². The van der Waals surface area contributed by atoms with Crippen molar-refractivity contribution in [3.63, 3.8) is 0 Å². The molecule has 0 aliphatic rings. The van der Waals surface area contributed by atoms with Gasteiger partial charge in [0.05, 0.1) is 0 Å². The summed E-state index contributed by atoms with van der Waals surface area (Å²) in [7, 11) is -4.67. The second-order valence-corrected chi connectivity index (χ2v) is 1.34. The van der Waals surface area contributed by atoms with Gasteiger partial charge in [0.2, 0.25) is 0 Å². The van der Waals surface area contributed by atoms with Crippen LogP contribution < -0.4 is 0 Å². The molecule has 0 fully saturated rings. The van der Waals surface area contributed by atoms with Gasteiger partial charge in [-0.25, -0.2) is 0 Å². The molecule has 50 valence electrons. The van der Waals surface area contributed by atoms with Gasteiger partial charge in [-0.1, -0.05) is 0 Å². The zero-order valence-corrected chi connectivity index (χ0v) is 3.44. The summed E-state index contributed by atoms with van der Waals surface area (Å²) in [5.41, 5.74) is 0. The normalized spacial score (nSPS) is 6.44. The fourth-order valence-corrected chi connectivity index (χ4v) is 0. The fraction of sp³-hybridized carbons (Fsp3) is 0. The molecule has 0 atom stereocenters. The number of rotatable bonds is 0. The van der Waals surface area contributed by atoms with Gasteiger partial charge in [-0.2, -0.15) is 8.42 Å². The molecular weight excluding hydrogens is 201 g/mol. The van der Waals surface area contributed by atoms with Crippen LogP contribution in [0.5, 0.6) is 0 Å². The molecule has 0 aliphatic carbocycles. The van der Waals surface area contributed by atoms with Gasteiger partial charge in [-0.05, 0) is 0 Å². The Bertz CT molecular complexity index is 100. The molecule has 0 bridgehead atoms. The van der Waals surface area contributed by atoms with Gasteiger partial charge in [-0.15, -0.1) is 0 Å². The summed E-state index contributed by atoms with van der Waals surface area (Å²) in [6.45, 7) is 0. The molecule has 9 heavy (non-hydrogen) atoms. The Kier molecular flexibility index (Phi) is 44.7. The van der Waals surface area contributed by atoms with E-state index in [1.165, 1.54) is 0 Å². The standard InChI is InChI=1S/Al.K.Na.H2O4S.H2O.5H/c;;;1-5(2,3)4;;;;;;/h;;;(H2,1,2,3,4);1H2;;;;;. The molecule has 0 aromatic carbocycles. The summed E-state index contributed by atoms with van der Waals surface area (Å²) < 4.78 is 31.6. The van der Waals surface area contributed by atoms with Crippen LogP contribution in [0.4, 0.5) is 0 Å². The molecule has 0 amide bonds. The molecule has 0 saturated carbocycles. The monoisotopic (exact) mass is 210 g/mol. The molecule has 0 unspecified atom stereocenters. The third kappa shape index (κ3) is 99.0. The Hall–Kier alpha value is 3.00. The van der Waals surface area contributed by atoms with Crippen LogP contribution in [0.3, 0.4) is 0 Å². The predicted octanol–water partition coefficient (Wildman–Crippen LogP) is -3.96. The first kappa shape index (κ1) is 29.6. The van der Waals surface area contributed by atoms with Crippen LogP contribution >= 0.6 is 0 Å². The van der Waals surface area contributed by atoms with Crippen molar-refractivity contribution in [2.45, 2.75) is 0 Å². The van der Waals surface area contributed by atoms with E-state index in [1.807, 2.05) is 0 Å². The molecule has 0 aromatic heterocycles. The number of hydrogen-bond donors (Lipinski definition) is 2. The summed E-state index contributed by atoms with van der Waals surface area (Å²) in [5, 5.41) is 0. The maximum atomic E-state index is 8.74. The minimum absolute atomic E-state index is 0. The van der Waals surface area contributed by atoms with Crippen molar-refractivity contribution in [2.75, 3.05) is 0 Å². The molecule has 5 nitrogen and oxygen atoms in total. The predicted molar refractivity (Wildman–Crippen MR) is 42.0 cm³/mol. The van der Waals surface area contributed by atoms with Crippen molar-refractivity contribution in [3.8, 4) is 0 Å². The average molecular weight is 210 g/mol. The molecule has 0 heterocycles. The maximum absolute atomic E-state index is 8.74. The van der Waals surface area contributed by atoms with Crippen LogP contribution in [0, 0.1) is 0 Å². The van der Waals surface area contributed by atoms with Crippen molar-refractivity contribution in [1.29, 1.82) is 0 Å². The Morgan fingerprint density at radius 1 is 1.11 bits per heavy atom. The molecule has 0 saturated heterocycles. The first-order valence-corrected chi connectivity index (χ1v) is 2.10. The summed E-state index contributed by atoms with van der Waals surface area (Å²) in [6.07, 6.45) is 0. The number of hydrogen-bond acceptors (Lipinski definition) is 2. The fourth-order valence-electron chi connectivity index (χ4n) is 0. The van der Waals surface area contributed by atoms with Gasteiger partial charge in [0.1, 0.15) is 0 Å². The molecule has 4 N–H and O–H groups in total. The molecule has 0 aliphatic heterocycles. The second-order valence-electron chi connectivity index (χ2n) is 0.448. The minimum atomic E-state index is -4.67. The van der Waals surface area contributed by atoms with Crippen LogP contribution in [-0.4, -0.2) is 121 Å². The van der Waals surface area contributed by atoms with E-state index < -0.39 is 10.4 Å². The molecule has 0 rings (SSSR count). The first-order valence-electron chi connectivity index (χ1n) is 0.698.